The monoisotopic (exact) mass is 298 g/mol. The van der Waals surface area contributed by atoms with E-state index in [9.17, 15) is 4.79 Å². The second kappa shape index (κ2) is 5.65. The number of halogens is 1. The van der Waals surface area contributed by atoms with E-state index in [4.69, 9.17) is 0 Å². The first-order chi connectivity index (χ1) is 7.88. The number of hydrogen-bond acceptors (Lipinski definition) is 2. The van der Waals surface area contributed by atoms with Crippen molar-refractivity contribution in [2.45, 2.75) is 32.4 Å². The number of carbonyl (C=O) groups is 1. The van der Waals surface area contributed by atoms with Crippen LogP contribution in [0.4, 0.5) is 0 Å². The van der Waals surface area contributed by atoms with Crippen LogP contribution in [-0.2, 0) is 4.79 Å². The molecule has 0 saturated heterocycles. The molecule has 0 radical (unpaired) electrons. The van der Waals surface area contributed by atoms with Gasteiger partial charge in [0.25, 0.3) is 0 Å². The van der Waals surface area contributed by atoms with Crippen molar-refractivity contribution in [2.24, 2.45) is 0 Å². The van der Waals surface area contributed by atoms with Crippen molar-refractivity contribution in [3.8, 4) is 0 Å². The van der Waals surface area contributed by atoms with Crippen LogP contribution in [-0.4, -0.2) is 18.5 Å². The number of amides is 1. The summed E-state index contributed by atoms with van der Waals surface area (Å²) < 4.78 is 1.01. The van der Waals surface area contributed by atoms with E-state index in [0.717, 1.165) is 10.0 Å². The predicted octanol–water partition coefficient (Wildman–Crippen LogP) is 2.62. The molecule has 0 aliphatic rings. The van der Waals surface area contributed by atoms with Gasteiger partial charge in [-0.1, -0.05) is 34.1 Å². The van der Waals surface area contributed by atoms with Gasteiger partial charge in [-0.2, -0.15) is 0 Å². The third-order valence-electron chi connectivity index (χ3n) is 2.91. The second-order valence-corrected chi connectivity index (χ2v) is 5.45. The van der Waals surface area contributed by atoms with E-state index >= 15 is 0 Å². The number of nitrogens with one attached hydrogen (secondary N) is 2. The molecule has 1 atom stereocenters. The molecule has 2 N–H and O–H groups in total. The maximum atomic E-state index is 12.0. The van der Waals surface area contributed by atoms with Gasteiger partial charge in [-0.15, -0.1) is 0 Å². The molecule has 1 unspecified atom stereocenters. The van der Waals surface area contributed by atoms with Gasteiger partial charge in [0.2, 0.25) is 5.91 Å². The van der Waals surface area contributed by atoms with Gasteiger partial charge in [0.05, 0.1) is 11.6 Å². The number of hydrogen-bond donors (Lipinski definition) is 2. The first-order valence-electron chi connectivity index (χ1n) is 5.63. The molecule has 1 aromatic carbocycles. The average molecular weight is 299 g/mol. The van der Waals surface area contributed by atoms with E-state index in [-0.39, 0.29) is 11.9 Å². The Bertz CT molecular complexity index is 404. The first-order valence-corrected chi connectivity index (χ1v) is 6.42. The molecule has 0 aromatic heterocycles. The van der Waals surface area contributed by atoms with E-state index in [1.165, 1.54) is 0 Å². The van der Waals surface area contributed by atoms with Crippen LogP contribution in [0.15, 0.2) is 28.7 Å². The number of carbonyl (C=O) groups excluding carboxylic acids is 1. The van der Waals surface area contributed by atoms with Crippen molar-refractivity contribution in [3.63, 3.8) is 0 Å². The smallest absolute Gasteiger partial charge is 0.240 e. The highest BCUT2D eigenvalue weighted by atomic mass is 79.9. The molecule has 0 saturated carbocycles. The Morgan fingerprint density at radius 2 is 1.94 bits per heavy atom. The third kappa shape index (κ3) is 3.54. The summed E-state index contributed by atoms with van der Waals surface area (Å²) in [6, 6.07) is 7.87. The van der Waals surface area contributed by atoms with Gasteiger partial charge < -0.3 is 10.6 Å². The van der Waals surface area contributed by atoms with Crippen LogP contribution in [0.2, 0.25) is 0 Å². The number of likely N-dealkylation sites (N-methyl/N-ethyl adjacent to an activating group) is 1. The summed E-state index contributed by atoms with van der Waals surface area (Å²) in [4.78, 5) is 12.0. The standard InChI is InChI=1S/C13H19BrN2O/c1-9(10-7-5-6-8-11(10)14)16-12(17)13(2,3)15-4/h5-9,15H,1-4H3,(H,16,17). The largest absolute Gasteiger partial charge is 0.348 e. The zero-order valence-corrected chi connectivity index (χ0v) is 12.3. The molecule has 1 aromatic rings. The Kier molecular flexibility index (Phi) is 4.71. The third-order valence-corrected chi connectivity index (χ3v) is 3.63. The highest BCUT2D eigenvalue weighted by molar-refractivity contribution is 9.10. The fourth-order valence-electron chi connectivity index (χ4n) is 1.39. The Hall–Kier alpha value is -0.870. The maximum absolute atomic E-state index is 12.0. The molecule has 4 heteroatoms. The van der Waals surface area contributed by atoms with Gasteiger partial charge >= 0.3 is 0 Å². The molecule has 1 rings (SSSR count). The lowest BCUT2D eigenvalue weighted by Crippen LogP contribution is -2.51. The molecule has 0 heterocycles. The summed E-state index contributed by atoms with van der Waals surface area (Å²) in [5, 5.41) is 5.99. The summed E-state index contributed by atoms with van der Waals surface area (Å²) in [6.07, 6.45) is 0. The van der Waals surface area contributed by atoms with Crippen molar-refractivity contribution >= 4 is 21.8 Å². The quantitative estimate of drug-likeness (QED) is 0.897. The lowest BCUT2D eigenvalue weighted by Gasteiger charge is -2.26. The summed E-state index contributed by atoms with van der Waals surface area (Å²) in [5.74, 6) is -0.0109. The van der Waals surface area contributed by atoms with Crippen LogP contribution in [0.25, 0.3) is 0 Å². The minimum absolute atomic E-state index is 0.0109. The Morgan fingerprint density at radius 3 is 2.47 bits per heavy atom. The first kappa shape index (κ1) is 14.2. The van der Waals surface area contributed by atoms with E-state index in [1.54, 1.807) is 7.05 Å². The van der Waals surface area contributed by atoms with Crippen molar-refractivity contribution in [2.75, 3.05) is 7.05 Å². The van der Waals surface area contributed by atoms with Crippen LogP contribution >= 0.6 is 15.9 Å². The highest BCUT2D eigenvalue weighted by Crippen LogP contribution is 2.23. The summed E-state index contributed by atoms with van der Waals surface area (Å²) in [5.41, 5.74) is 0.517. The van der Waals surface area contributed by atoms with Gasteiger partial charge in [0, 0.05) is 4.47 Å². The fourth-order valence-corrected chi connectivity index (χ4v) is 2.02. The Balaban J connectivity index is 2.77. The maximum Gasteiger partial charge on any atom is 0.240 e. The molecule has 0 aliphatic heterocycles. The van der Waals surface area contributed by atoms with Crippen molar-refractivity contribution in [1.82, 2.24) is 10.6 Å². The van der Waals surface area contributed by atoms with Gasteiger partial charge in [-0.3, -0.25) is 4.79 Å². The molecule has 0 bridgehead atoms. The zero-order valence-electron chi connectivity index (χ0n) is 10.7. The summed E-state index contributed by atoms with van der Waals surface area (Å²) in [7, 11) is 1.78. The molecular formula is C13H19BrN2O. The van der Waals surface area contributed by atoms with E-state index in [0.29, 0.717) is 0 Å². The van der Waals surface area contributed by atoms with E-state index < -0.39 is 5.54 Å². The van der Waals surface area contributed by atoms with Gasteiger partial charge in [-0.25, -0.2) is 0 Å². The van der Waals surface area contributed by atoms with Crippen LogP contribution < -0.4 is 10.6 Å². The van der Waals surface area contributed by atoms with Crippen LogP contribution in [0.1, 0.15) is 32.4 Å². The Morgan fingerprint density at radius 1 is 1.35 bits per heavy atom. The molecule has 94 valence electrons. The van der Waals surface area contributed by atoms with Gasteiger partial charge in [-0.05, 0) is 39.4 Å². The molecule has 17 heavy (non-hydrogen) atoms. The molecule has 0 spiro atoms. The Labute approximate surface area is 111 Å². The second-order valence-electron chi connectivity index (χ2n) is 4.59. The van der Waals surface area contributed by atoms with Crippen LogP contribution in [0.5, 0.6) is 0 Å². The lowest BCUT2D eigenvalue weighted by molar-refractivity contribution is -0.126. The molecule has 0 aliphatic carbocycles. The van der Waals surface area contributed by atoms with Crippen molar-refractivity contribution < 1.29 is 4.79 Å². The number of rotatable bonds is 4. The van der Waals surface area contributed by atoms with Crippen LogP contribution in [0, 0.1) is 0 Å². The highest BCUT2D eigenvalue weighted by Gasteiger charge is 2.26. The predicted molar refractivity (Wildman–Crippen MR) is 73.8 cm³/mol. The average Bonchev–Trinajstić information content (AvgIpc) is 2.29. The topological polar surface area (TPSA) is 41.1 Å². The summed E-state index contributed by atoms with van der Waals surface area (Å²) in [6.45, 7) is 5.69. The normalized spacial score (nSPS) is 13.2. The van der Waals surface area contributed by atoms with Crippen molar-refractivity contribution in [1.29, 1.82) is 0 Å². The van der Waals surface area contributed by atoms with Gasteiger partial charge in [0.1, 0.15) is 0 Å². The lowest BCUT2D eigenvalue weighted by atomic mass is 10.0. The zero-order chi connectivity index (χ0) is 13.1. The SMILES string of the molecule is CNC(C)(C)C(=O)NC(C)c1ccccc1Br. The van der Waals surface area contributed by atoms with E-state index in [2.05, 4.69) is 26.6 Å². The molecular weight excluding hydrogens is 280 g/mol. The molecule has 1 amide bonds. The minimum atomic E-state index is -0.560. The summed E-state index contributed by atoms with van der Waals surface area (Å²) >= 11 is 3.49. The van der Waals surface area contributed by atoms with Crippen LogP contribution in [0.3, 0.4) is 0 Å². The van der Waals surface area contributed by atoms with Crippen molar-refractivity contribution in [3.05, 3.63) is 34.3 Å². The number of benzene rings is 1. The van der Waals surface area contributed by atoms with E-state index in [1.807, 2.05) is 45.0 Å². The van der Waals surface area contributed by atoms with Gasteiger partial charge in [0.15, 0.2) is 0 Å². The fraction of sp³-hybridized carbons (Fsp3) is 0.462. The molecule has 3 nitrogen and oxygen atoms in total. The minimum Gasteiger partial charge on any atom is -0.348 e. The molecule has 0 fully saturated rings.